The lowest BCUT2D eigenvalue weighted by Gasteiger charge is -1.98. The predicted octanol–water partition coefficient (Wildman–Crippen LogP) is 2.01. The molecule has 0 amide bonds. The summed E-state index contributed by atoms with van der Waals surface area (Å²) in [6.45, 7) is 0. The number of aryl methyl sites for hydroxylation is 1. The maximum atomic E-state index is 13.2. The van der Waals surface area contributed by atoms with Gasteiger partial charge in [-0.2, -0.15) is 0 Å². The van der Waals surface area contributed by atoms with Crippen LogP contribution in [0.3, 0.4) is 0 Å². The number of nitrogens with zero attached hydrogens (tertiary/aromatic N) is 3. The first kappa shape index (κ1) is 8.55. The molecule has 68 valence electrons. The van der Waals surface area contributed by atoms with Gasteiger partial charge in [-0.05, 0) is 22.0 Å². The van der Waals surface area contributed by atoms with Gasteiger partial charge in [-0.25, -0.2) is 13.5 Å². The van der Waals surface area contributed by atoms with Crippen LogP contribution in [0.25, 0.3) is 11.0 Å². The molecule has 0 fully saturated rings. The smallest absolute Gasteiger partial charge is 0.187 e. The van der Waals surface area contributed by atoms with E-state index in [1.807, 2.05) is 0 Å². The van der Waals surface area contributed by atoms with E-state index in [4.69, 9.17) is 0 Å². The van der Waals surface area contributed by atoms with Crippen LogP contribution in [0.1, 0.15) is 0 Å². The average molecular weight is 248 g/mol. The lowest BCUT2D eigenvalue weighted by atomic mass is 10.3. The van der Waals surface area contributed by atoms with E-state index in [9.17, 15) is 8.78 Å². The second-order valence-electron chi connectivity index (χ2n) is 2.57. The van der Waals surface area contributed by atoms with Crippen molar-refractivity contribution in [2.45, 2.75) is 0 Å². The van der Waals surface area contributed by atoms with Crippen LogP contribution in [0.4, 0.5) is 8.78 Å². The Bertz CT molecular complexity index is 480. The number of hydrogen-bond acceptors (Lipinski definition) is 2. The molecule has 0 atom stereocenters. The van der Waals surface area contributed by atoms with Crippen molar-refractivity contribution in [3.05, 3.63) is 22.2 Å². The van der Waals surface area contributed by atoms with Gasteiger partial charge >= 0.3 is 0 Å². The quantitative estimate of drug-likeness (QED) is 0.667. The second kappa shape index (κ2) is 2.73. The van der Waals surface area contributed by atoms with Gasteiger partial charge in [-0.1, -0.05) is 5.21 Å². The van der Waals surface area contributed by atoms with Crippen molar-refractivity contribution < 1.29 is 8.78 Å². The summed E-state index contributed by atoms with van der Waals surface area (Å²) in [5.74, 6) is -1.85. The summed E-state index contributed by atoms with van der Waals surface area (Å²) in [5.41, 5.74) is 0.397. The molecule has 2 rings (SSSR count). The third-order valence-electron chi connectivity index (χ3n) is 1.73. The number of hydrogen-bond donors (Lipinski definition) is 0. The van der Waals surface area contributed by atoms with E-state index in [1.54, 1.807) is 0 Å². The van der Waals surface area contributed by atoms with Crippen molar-refractivity contribution >= 4 is 27.0 Å². The van der Waals surface area contributed by atoms with Gasteiger partial charge in [0.25, 0.3) is 0 Å². The van der Waals surface area contributed by atoms with Gasteiger partial charge < -0.3 is 0 Å². The molecule has 13 heavy (non-hydrogen) atoms. The SMILES string of the molecule is Cn1nnc2cc(Br)c(F)c(F)c21. The van der Waals surface area contributed by atoms with E-state index in [2.05, 4.69) is 26.2 Å². The lowest BCUT2D eigenvalue weighted by Crippen LogP contribution is -1.95. The molecule has 3 nitrogen and oxygen atoms in total. The summed E-state index contributed by atoms with van der Waals surface area (Å²) in [6.07, 6.45) is 0. The molecule has 0 aliphatic carbocycles. The minimum atomic E-state index is -0.933. The molecule has 0 saturated carbocycles. The van der Waals surface area contributed by atoms with Crippen LogP contribution in [0.5, 0.6) is 0 Å². The predicted molar refractivity (Wildman–Crippen MR) is 46.1 cm³/mol. The molecule has 0 radical (unpaired) electrons. The zero-order valence-electron chi connectivity index (χ0n) is 6.55. The topological polar surface area (TPSA) is 30.7 Å². The number of halogens is 3. The Morgan fingerprint density at radius 1 is 1.38 bits per heavy atom. The Hall–Kier alpha value is -1.04. The zero-order chi connectivity index (χ0) is 9.59. The van der Waals surface area contributed by atoms with Crippen molar-refractivity contribution in [2.24, 2.45) is 7.05 Å². The van der Waals surface area contributed by atoms with Crippen LogP contribution >= 0.6 is 15.9 Å². The maximum Gasteiger partial charge on any atom is 0.187 e. The molecule has 0 bridgehead atoms. The first-order chi connectivity index (χ1) is 6.11. The fourth-order valence-corrected chi connectivity index (χ4v) is 1.51. The fraction of sp³-hybridized carbons (Fsp3) is 0.143. The van der Waals surface area contributed by atoms with Crippen molar-refractivity contribution in [1.82, 2.24) is 15.0 Å². The summed E-state index contributed by atoms with van der Waals surface area (Å²) in [4.78, 5) is 0. The Balaban J connectivity index is 2.97. The van der Waals surface area contributed by atoms with E-state index < -0.39 is 11.6 Å². The minimum absolute atomic E-state index is 0.0537. The molecular formula is C7H4BrF2N3. The molecule has 0 saturated heterocycles. The normalized spacial score (nSPS) is 11.1. The average Bonchev–Trinajstić information content (AvgIpc) is 2.43. The van der Waals surface area contributed by atoms with Crippen molar-refractivity contribution in [3.8, 4) is 0 Å². The van der Waals surface area contributed by atoms with Crippen molar-refractivity contribution in [2.75, 3.05) is 0 Å². The number of rotatable bonds is 0. The molecule has 0 N–H and O–H groups in total. The Morgan fingerprint density at radius 3 is 2.77 bits per heavy atom. The summed E-state index contributed by atoms with van der Waals surface area (Å²) < 4.78 is 27.5. The lowest BCUT2D eigenvalue weighted by molar-refractivity contribution is 0.507. The molecule has 0 aliphatic heterocycles. The van der Waals surface area contributed by atoms with Crippen molar-refractivity contribution in [3.63, 3.8) is 0 Å². The molecule has 6 heteroatoms. The minimum Gasteiger partial charge on any atom is -0.245 e. The first-order valence-electron chi connectivity index (χ1n) is 3.44. The molecule has 1 heterocycles. The number of benzene rings is 1. The Labute approximate surface area is 80.5 Å². The van der Waals surface area contributed by atoms with Crippen LogP contribution in [0, 0.1) is 11.6 Å². The Kier molecular flexibility index (Phi) is 1.80. The fourth-order valence-electron chi connectivity index (χ4n) is 1.12. The van der Waals surface area contributed by atoms with Crippen molar-refractivity contribution in [1.29, 1.82) is 0 Å². The molecule has 0 unspecified atom stereocenters. The van der Waals surface area contributed by atoms with E-state index in [0.717, 1.165) is 0 Å². The van der Waals surface area contributed by atoms with Crippen LogP contribution in [-0.2, 0) is 7.05 Å². The van der Waals surface area contributed by atoms with Gasteiger partial charge in [0.2, 0.25) is 0 Å². The number of fused-ring (bicyclic) bond motifs is 1. The highest BCUT2D eigenvalue weighted by molar-refractivity contribution is 9.10. The van der Waals surface area contributed by atoms with E-state index in [-0.39, 0.29) is 9.99 Å². The van der Waals surface area contributed by atoms with Gasteiger partial charge in [0, 0.05) is 7.05 Å². The standard InChI is InChI=1S/C7H4BrF2N3/c1-13-7-4(11-12-13)2-3(8)5(9)6(7)10/h2H,1H3. The van der Waals surface area contributed by atoms with Gasteiger partial charge in [-0.15, -0.1) is 5.10 Å². The third-order valence-corrected chi connectivity index (χ3v) is 2.30. The monoisotopic (exact) mass is 247 g/mol. The molecule has 0 spiro atoms. The number of aromatic nitrogens is 3. The largest absolute Gasteiger partial charge is 0.245 e. The Morgan fingerprint density at radius 2 is 2.08 bits per heavy atom. The molecule has 1 aromatic carbocycles. The van der Waals surface area contributed by atoms with E-state index in [0.29, 0.717) is 5.52 Å². The zero-order valence-corrected chi connectivity index (χ0v) is 8.14. The highest BCUT2D eigenvalue weighted by Crippen LogP contribution is 2.25. The third kappa shape index (κ3) is 1.13. The molecule has 2 aromatic rings. The highest BCUT2D eigenvalue weighted by atomic mass is 79.9. The van der Waals surface area contributed by atoms with Gasteiger partial charge in [0.1, 0.15) is 11.0 Å². The summed E-state index contributed by atoms with van der Waals surface area (Å²) in [5, 5.41) is 7.24. The van der Waals surface area contributed by atoms with Crippen LogP contribution in [0.15, 0.2) is 10.5 Å². The van der Waals surface area contributed by atoms with Crippen LogP contribution < -0.4 is 0 Å². The van der Waals surface area contributed by atoms with Gasteiger partial charge in [0.15, 0.2) is 11.6 Å². The van der Waals surface area contributed by atoms with E-state index in [1.165, 1.54) is 17.8 Å². The summed E-state index contributed by atoms with van der Waals surface area (Å²) in [7, 11) is 1.51. The summed E-state index contributed by atoms with van der Waals surface area (Å²) in [6, 6.07) is 1.39. The van der Waals surface area contributed by atoms with E-state index >= 15 is 0 Å². The molecular weight excluding hydrogens is 244 g/mol. The molecule has 0 aliphatic rings. The van der Waals surface area contributed by atoms with Gasteiger partial charge in [0.05, 0.1) is 4.47 Å². The summed E-state index contributed by atoms with van der Waals surface area (Å²) >= 11 is 2.88. The molecule has 1 aromatic heterocycles. The highest BCUT2D eigenvalue weighted by Gasteiger charge is 2.15. The van der Waals surface area contributed by atoms with Gasteiger partial charge in [-0.3, -0.25) is 0 Å². The van der Waals surface area contributed by atoms with Crippen LogP contribution in [-0.4, -0.2) is 15.0 Å². The van der Waals surface area contributed by atoms with Crippen LogP contribution in [0.2, 0.25) is 0 Å². The maximum absolute atomic E-state index is 13.2. The second-order valence-corrected chi connectivity index (χ2v) is 3.42. The first-order valence-corrected chi connectivity index (χ1v) is 4.23.